The van der Waals surface area contributed by atoms with Crippen molar-refractivity contribution in [1.82, 2.24) is 24.8 Å². The van der Waals surface area contributed by atoms with Gasteiger partial charge in [0.1, 0.15) is 22.6 Å². The largest absolute Gasteiger partial charge is 0.495 e. The van der Waals surface area contributed by atoms with Crippen molar-refractivity contribution in [3.63, 3.8) is 0 Å². The van der Waals surface area contributed by atoms with Crippen LogP contribution in [0.15, 0.2) is 37.2 Å². The Kier molecular flexibility index (Phi) is 10.0. The summed E-state index contributed by atoms with van der Waals surface area (Å²) in [4.78, 5) is 21.8. The van der Waals surface area contributed by atoms with E-state index in [-0.39, 0.29) is 0 Å². The molecule has 232 valence electrons. The molecule has 3 N–H and O–H groups in total. The lowest BCUT2D eigenvalue weighted by Crippen LogP contribution is -2.48. The van der Waals surface area contributed by atoms with Gasteiger partial charge in [0.15, 0.2) is 5.82 Å². The summed E-state index contributed by atoms with van der Waals surface area (Å²) in [5, 5.41) is 3.73. The molecule has 3 heterocycles. The van der Waals surface area contributed by atoms with E-state index < -0.39 is 0 Å². The SMILES string of the molecule is C=CN(CCC(C)N1CCN(C)CC1)c1ccc(-c2cnc(N)c3nc(CC)c(N[C@H]4CC[C@H](C)CC4)nc23)cc1OC. The molecule has 9 heteroatoms. The number of nitrogen functional groups attached to an aromatic ring is 1. The maximum atomic E-state index is 6.35. The van der Waals surface area contributed by atoms with Gasteiger partial charge in [0.05, 0.1) is 18.5 Å². The quantitative estimate of drug-likeness (QED) is 0.289. The zero-order valence-corrected chi connectivity index (χ0v) is 26.8. The first kappa shape index (κ1) is 31.0. The zero-order chi connectivity index (χ0) is 30.5. The van der Waals surface area contributed by atoms with Gasteiger partial charge in [0.25, 0.3) is 0 Å². The third kappa shape index (κ3) is 7.04. The summed E-state index contributed by atoms with van der Waals surface area (Å²) < 4.78 is 5.93. The van der Waals surface area contributed by atoms with Crippen LogP contribution in [-0.2, 0) is 6.42 Å². The number of nitrogens with two attached hydrogens (primary N) is 1. The monoisotopic (exact) mass is 586 g/mol. The average molecular weight is 587 g/mol. The maximum Gasteiger partial charge on any atom is 0.151 e. The fourth-order valence-corrected chi connectivity index (χ4v) is 6.43. The van der Waals surface area contributed by atoms with E-state index in [1.807, 2.05) is 12.4 Å². The Morgan fingerprint density at radius 3 is 2.56 bits per heavy atom. The van der Waals surface area contributed by atoms with Gasteiger partial charge in [-0.15, -0.1) is 0 Å². The summed E-state index contributed by atoms with van der Waals surface area (Å²) in [5.41, 5.74) is 11.5. The predicted molar refractivity (Wildman–Crippen MR) is 179 cm³/mol. The zero-order valence-electron chi connectivity index (χ0n) is 26.8. The van der Waals surface area contributed by atoms with Gasteiger partial charge >= 0.3 is 0 Å². The molecule has 3 aromatic rings. The molecule has 5 rings (SSSR count). The molecule has 1 aliphatic heterocycles. The number of ether oxygens (including phenoxy) is 1. The summed E-state index contributed by atoms with van der Waals surface area (Å²) in [6.45, 7) is 16.3. The minimum Gasteiger partial charge on any atom is -0.495 e. The maximum absolute atomic E-state index is 6.35. The van der Waals surface area contributed by atoms with Crippen molar-refractivity contribution in [3.8, 4) is 16.9 Å². The first-order chi connectivity index (χ1) is 20.8. The highest BCUT2D eigenvalue weighted by atomic mass is 16.5. The van der Waals surface area contributed by atoms with Crippen LogP contribution in [0.4, 0.5) is 17.3 Å². The molecule has 1 aromatic carbocycles. The van der Waals surface area contributed by atoms with Crippen LogP contribution in [0.5, 0.6) is 5.75 Å². The predicted octanol–water partition coefficient (Wildman–Crippen LogP) is 5.81. The Labute approximate surface area is 257 Å². The topological polar surface area (TPSA) is 95.7 Å². The van der Waals surface area contributed by atoms with E-state index in [0.717, 1.165) is 104 Å². The molecule has 2 aliphatic rings. The second-order valence-corrected chi connectivity index (χ2v) is 12.5. The summed E-state index contributed by atoms with van der Waals surface area (Å²) in [5.74, 6) is 2.83. The Morgan fingerprint density at radius 2 is 1.88 bits per heavy atom. The lowest BCUT2D eigenvalue weighted by molar-refractivity contribution is 0.115. The molecule has 1 saturated carbocycles. The highest BCUT2D eigenvalue weighted by molar-refractivity contribution is 5.97. The number of nitrogens with one attached hydrogen (secondary N) is 1. The second-order valence-electron chi connectivity index (χ2n) is 12.5. The summed E-state index contributed by atoms with van der Waals surface area (Å²) in [6, 6.07) is 7.19. The van der Waals surface area contributed by atoms with Crippen LogP contribution in [0, 0.1) is 5.92 Å². The van der Waals surface area contributed by atoms with Crippen LogP contribution >= 0.6 is 0 Å². The van der Waals surface area contributed by atoms with E-state index in [2.05, 4.69) is 77.6 Å². The minimum atomic E-state index is 0.398. The molecule has 1 atom stereocenters. The van der Waals surface area contributed by atoms with E-state index in [9.17, 15) is 0 Å². The number of fused-ring (bicyclic) bond motifs is 1. The molecule has 2 fully saturated rings. The van der Waals surface area contributed by atoms with Crippen molar-refractivity contribution in [2.45, 2.75) is 71.4 Å². The number of aromatic nitrogens is 3. The first-order valence-electron chi connectivity index (χ1n) is 16.0. The normalized spacial score (nSPS) is 20.6. The molecule has 0 amide bonds. The number of aryl methyl sites for hydroxylation is 1. The highest BCUT2D eigenvalue weighted by Crippen LogP contribution is 2.37. The van der Waals surface area contributed by atoms with Gasteiger partial charge < -0.3 is 25.6 Å². The third-order valence-electron chi connectivity index (χ3n) is 9.46. The second kappa shape index (κ2) is 13.9. The van der Waals surface area contributed by atoms with Crippen LogP contribution in [-0.4, -0.2) is 83.7 Å². The molecular formula is C34H50N8O. The van der Waals surface area contributed by atoms with E-state index in [4.69, 9.17) is 20.4 Å². The van der Waals surface area contributed by atoms with Crippen molar-refractivity contribution < 1.29 is 4.74 Å². The minimum absolute atomic E-state index is 0.398. The smallest absolute Gasteiger partial charge is 0.151 e. The van der Waals surface area contributed by atoms with Gasteiger partial charge in [-0.3, -0.25) is 4.90 Å². The summed E-state index contributed by atoms with van der Waals surface area (Å²) >= 11 is 0. The first-order valence-corrected chi connectivity index (χ1v) is 16.0. The number of likely N-dealkylation sites (N-methyl/N-ethyl adjacent to an activating group) is 1. The molecule has 1 aliphatic carbocycles. The molecule has 0 bridgehead atoms. The number of rotatable bonds is 11. The standard InChI is InChI=1S/C34H50N8O/c1-7-28-34(37-26-12-9-23(3)10-13-26)39-31-27(22-36-33(35)32(31)38-28)25-11-14-29(30(21-25)43-6)41(8-2)16-15-24(4)42-19-17-40(5)18-20-42/h8,11,14,21-24,26H,2,7,9-10,12-13,15-20H2,1,3-6H3,(H2,35,36)(H,37,39)/t23-,24?,26-. The summed E-state index contributed by atoms with van der Waals surface area (Å²) in [6.07, 6.45) is 10.3. The van der Waals surface area contributed by atoms with Crippen molar-refractivity contribution >= 4 is 28.4 Å². The van der Waals surface area contributed by atoms with Crippen molar-refractivity contribution in [2.24, 2.45) is 5.92 Å². The molecular weight excluding hydrogens is 536 g/mol. The Morgan fingerprint density at radius 1 is 1.14 bits per heavy atom. The highest BCUT2D eigenvalue weighted by Gasteiger charge is 2.23. The molecule has 1 saturated heterocycles. The Balaban J connectivity index is 1.41. The van der Waals surface area contributed by atoms with E-state index >= 15 is 0 Å². The van der Waals surface area contributed by atoms with Crippen LogP contribution in [0.3, 0.4) is 0 Å². The molecule has 0 spiro atoms. The number of methoxy groups -OCH3 is 1. The average Bonchev–Trinajstić information content (AvgIpc) is 3.02. The molecule has 0 radical (unpaired) electrons. The number of anilines is 3. The van der Waals surface area contributed by atoms with E-state index in [1.54, 1.807) is 7.11 Å². The van der Waals surface area contributed by atoms with Crippen molar-refractivity contribution in [3.05, 3.63) is 42.9 Å². The van der Waals surface area contributed by atoms with Gasteiger partial charge in [-0.05, 0) is 82.3 Å². The van der Waals surface area contributed by atoms with Gasteiger partial charge in [-0.25, -0.2) is 15.0 Å². The van der Waals surface area contributed by atoms with Crippen LogP contribution < -0.4 is 20.7 Å². The van der Waals surface area contributed by atoms with Gasteiger partial charge in [-0.1, -0.05) is 26.5 Å². The number of benzene rings is 1. The van der Waals surface area contributed by atoms with Crippen molar-refractivity contribution in [1.29, 1.82) is 0 Å². The summed E-state index contributed by atoms with van der Waals surface area (Å²) in [7, 11) is 3.92. The molecule has 9 nitrogen and oxygen atoms in total. The molecule has 2 aromatic heterocycles. The molecule has 43 heavy (non-hydrogen) atoms. The van der Waals surface area contributed by atoms with E-state index in [1.165, 1.54) is 12.8 Å². The fourth-order valence-electron chi connectivity index (χ4n) is 6.43. The number of hydrogen-bond donors (Lipinski definition) is 2. The number of nitrogens with zero attached hydrogens (tertiary/aromatic N) is 6. The van der Waals surface area contributed by atoms with Gasteiger partial charge in [0.2, 0.25) is 0 Å². The van der Waals surface area contributed by atoms with E-state index in [0.29, 0.717) is 23.4 Å². The third-order valence-corrected chi connectivity index (χ3v) is 9.46. The Hall–Kier alpha value is -3.43. The van der Waals surface area contributed by atoms with Crippen LogP contribution in [0.2, 0.25) is 0 Å². The van der Waals surface area contributed by atoms with Gasteiger partial charge in [-0.2, -0.15) is 0 Å². The lowest BCUT2D eigenvalue weighted by atomic mass is 9.87. The van der Waals surface area contributed by atoms with Crippen LogP contribution in [0.25, 0.3) is 22.2 Å². The number of piperazine rings is 1. The molecule has 1 unspecified atom stereocenters. The fraction of sp³-hybridized carbons (Fsp3) is 0.559. The number of hydrogen-bond acceptors (Lipinski definition) is 9. The van der Waals surface area contributed by atoms with Crippen LogP contribution in [0.1, 0.15) is 58.6 Å². The van der Waals surface area contributed by atoms with Gasteiger partial charge in [0, 0.05) is 56.6 Å². The Bertz CT molecular complexity index is 1390. The lowest BCUT2D eigenvalue weighted by Gasteiger charge is -2.37. The van der Waals surface area contributed by atoms with Crippen molar-refractivity contribution in [2.75, 3.05) is 62.8 Å². The number of pyridine rings is 1.